The molecule has 1 aromatic carbocycles. The van der Waals surface area contributed by atoms with Gasteiger partial charge in [0.25, 0.3) is 15.7 Å². The quantitative estimate of drug-likeness (QED) is 0.446. The number of nitrogens with one attached hydrogen (secondary N) is 1. The summed E-state index contributed by atoms with van der Waals surface area (Å²) in [5, 5.41) is 13.8. The van der Waals surface area contributed by atoms with Crippen LogP contribution in [-0.2, 0) is 14.8 Å². The van der Waals surface area contributed by atoms with Crippen molar-refractivity contribution in [2.45, 2.75) is 23.1 Å². The molecule has 9 nitrogen and oxygen atoms in total. The molecule has 1 amide bonds. The monoisotopic (exact) mass is 472 g/mol. The zero-order chi connectivity index (χ0) is 20.8. The van der Waals surface area contributed by atoms with E-state index in [1.807, 2.05) is 0 Å². The molecule has 0 bridgehead atoms. The van der Waals surface area contributed by atoms with Crippen LogP contribution < -0.4 is 5.32 Å². The molecule has 1 atom stereocenters. The van der Waals surface area contributed by atoms with E-state index in [2.05, 4.69) is 10.3 Å². The Balaban J connectivity index is 1.56. The number of fused-ring (bicyclic) bond motifs is 1. The molecule has 0 aliphatic carbocycles. The average molecular weight is 473 g/mol. The molecule has 29 heavy (non-hydrogen) atoms. The molecule has 1 fully saturated rings. The first-order chi connectivity index (χ1) is 13.8. The lowest BCUT2D eigenvalue weighted by molar-refractivity contribution is -0.384. The van der Waals surface area contributed by atoms with Crippen LogP contribution in [0.3, 0.4) is 0 Å². The van der Waals surface area contributed by atoms with E-state index >= 15 is 0 Å². The smallest absolute Gasteiger partial charge is 0.270 e. The molecule has 3 heterocycles. The first-order valence-corrected chi connectivity index (χ1v) is 11.8. The van der Waals surface area contributed by atoms with Crippen LogP contribution >= 0.6 is 34.3 Å². The minimum atomic E-state index is -3.83. The van der Waals surface area contributed by atoms with Crippen molar-refractivity contribution in [2.24, 2.45) is 0 Å². The number of non-ortho nitro benzene ring substituents is 1. The number of nitrogens with zero attached hydrogens (tertiary/aromatic N) is 3. The predicted molar refractivity (Wildman–Crippen MR) is 111 cm³/mol. The van der Waals surface area contributed by atoms with Gasteiger partial charge in [0.1, 0.15) is 10.3 Å². The van der Waals surface area contributed by atoms with Crippen LogP contribution in [-0.4, -0.2) is 41.1 Å². The third-order valence-corrected chi connectivity index (χ3v) is 8.97. The van der Waals surface area contributed by atoms with Crippen LogP contribution in [0.25, 0.3) is 10.2 Å². The molecule has 152 valence electrons. The van der Waals surface area contributed by atoms with E-state index < -0.39 is 26.9 Å². The lowest BCUT2D eigenvalue weighted by Gasteiger charge is -2.22. The minimum absolute atomic E-state index is 0.0679. The van der Waals surface area contributed by atoms with Crippen LogP contribution in [0.1, 0.15) is 12.8 Å². The summed E-state index contributed by atoms with van der Waals surface area (Å²) in [6, 6.07) is 6.30. The maximum atomic E-state index is 12.9. The van der Waals surface area contributed by atoms with Gasteiger partial charge in [0.05, 0.1) is 19.5 Å². The van der Waals surface area contributed by atoms with Gasteiger partial charge in [-0.15, -0.1) is 11.3 Å². The van der Waals surface area contributed by atoms with Gasteiger partial charge in [-0.25, -0.2) is 13.4 Å². The van der Waals surface area contributed by atoms with Crippen molar-refractivity contribution in [3.05, 3.63) is 44.8 Å². The molecule has 1 aliphatic rings. The number of rotatable bonds is 5. The number of hydrogen-bond donors (Lipinski definition) is 1. The summed E-state index contributed by atoms with van der Waals surface area (Å²) >= 11 is 7.89. The Hall–Kier alpha value is -2.12. The maximum absolute atomic E-state index is 12.9. The summed E-state index contributed by atoms with van der Waals surface area (Å²) in [5.74, 6) is -0.484. The zero-order valence-electron chi connectivity index (χ0n) is 14.6. The Labute approximate surface area is 178 Å². The van der Waals surface area contributed by atoms with Crippen LogP contribution in [0.15, 0.2) is 34.5 Å². The Morgan fingerprint density at radius 2 is 2.10 bits per heavy atom. The van der Waals surface area contributed by atoms with Crippen molar-refractivity contribution in [3.63, 3.8) is 0 Å². The Kier molecular flexibility index (Phi) is 5.29. The van der Waals surface area contributed by atoms with Gasteiger partial charge in [-0.2, -0.15) is 4.31 Å². The number of carbonyl (C=O) groups is 1. The highest BCUT2D eigenvalue weighted by Crippen LogP contribution is 2.33. The fourth-order valence-electron chi connectivity index (χ4n) is 3.11. The Bertz CT molecular complexity index is 1220. The van der Waals surface area contributed by atoms with E-state index in [0.29, 0.717) is 27.4 Å². The van der Waals surface area contributed by atoms with Gasteiger partial charge in [-0.05, 0) is 31.0 Å². The van der Waals surface area contributed by atoms with Gasteiger partial charge in [0.15, 0.2) is 5.13 Å². The molecule has 0 unspecified atom stereocenters. The van der Waals surface area contributed by atoms with E-state index in [1.165, 1.54) is 34.6 Å². The van der Waals surface area contributed by atoms with Gasteiger partial charge in [-0.3, -0.25) is 14.9 Å². The summed E-state index contributed by atoms with van der Waals surface area (Å²) in [5.41, 5.74) is 0.446. The van der Waals surface area contributed by atoms with Crippen molar-refractivity contribution < 1.29 is 18.1 Å². The van der Waals surface area contributed by atoms with Crippen molar-refractivity contribution in [1.82, 2.24) is 9.29 Å². The Morgan fingerprint density at radius 1 is 1.31 bits per heavy atom. The molecule has 3 aromatic rings. The number of nitro benzene ring substituents is 1. The number of hydrogen-bond acceptors (Lipinski definition) is 8. The number of thiazole rings is 1. The van der Waals surface area contributed by atoms with Gasteiger partial charge in [-0.1, -0.05) is 22.9 Å². The van der Waals surface area contributed by atoms with Crippen molar-refractivity contribution in [2.75, 3.05) is 11.9 Å². The minimum Gasteiger partial charge on any atom is -0.301 e. The second kappa shape index (κ2) is 7.61. The molecule has 1 aliphatic heterocycles. The van der Waals surface area contributed by atoms with Crippen LogP contribution in [0.4, 0.5) is 10.8 Å². The second-order valence-corrected chi connectivity index (χ2v) is 11.1. The van der Waals surface area contributed by atoms with Crippen molar-refractivity contribution in [3.8, 4) is 0 Å². The standard InChI is InChI=1S/C16H13ClN4O5S3/c17-13-5-6-14(28-13)29(25,26)20-7-1-2-11(20)15(22)19-16-18-10-4-3-9(21(23)24)8-12(10)27-16/h3-6,8,11H,1-2,7H2,(H,18,19,22)/t11-/m0/s1. The number of carbonyl (C=O) groups excluding carboxylic acids is 1. The summed E-state index contributed by atoms with van der Waals surface area (Å²) in [6.45, 7) is 0.238. The summed E-state index contributed by atoms with van der Waals surface area (Å²) in [7, 11) is -3.83. The fourth-order valence-corrected chi connectivity index (χ4v) is 7.28. The topological polar surface area (TPSA) is 123 Å². The highest BCUT2D eigenvalue weighted by atomic mass is 35.5. The molecule has 1 N–H and O–H groups in total. The molecule has 4 rings (SSSR count). The fraction of sp³-hybridized carbons (Fsp3) is 0.250. The van der Waals surface area contributed by atoms with Gasteiger partial charge >= 0.3 is 0 Å². The Morgan fingerprint density at radius 3 is 2.79 bits per heavy atom. The number of nitro groups is 1. The highest BCUT2D eigenvalue weighted by Gasteiger charge is 2.40. The number of benzene rings is 1. The number of aromatic nitrogens is 1. The number of amides is 1. The number of halogens is 1. The van der Waals surface area contributed by atoms with Gasteiger partial charge < -0.3 is 5.32 Å². The molecular weight excluding hydrogens is 460 g/mol. The largest absolute Gasteiger partial charge is 0.301 e. The normalized spacial score (nSPS) is 17.6. The zero-order valence-corrected chi connectivity index (χ0v) is 17.8. The summed E-state index contributed by atoms with van der Waals surface area (Å²) in [6.07, 6.45) is 0.947. The molecule has 13 heteroatoms. The molecule has 0 saturated carbocycles. The predicted octanol–water partition coefficient (Wildman–Crippen LogP) is 3.71. The maximum Gasteiger partial charge on any atom is 0.270 e. The summed E-state index contributed by atoms with van der Waals surface area (Å²) < 4.78 is 27.9. The van der Waals surface area contributed by atoms with E-state index in [1.54, 1.807) is 0 Å². The van der Waals surface area contributed by atoms with Crippen LogP contribution in [0.2, 0.25) is 4.34 Å². The third-order valence-electron chi connectivity index (χ3n) is 4.43. The van der Waals surface area contributed by atoms with Gasteiger partial charge in [0, 0.05) is 18.7 Å². The first-order valence-electron chi connectivity index (χ1n) is 8.39. The third kappa shape index (κ3) is 3.85. The van der Waals surface area contributed by atoms with E-state index in [-0.39, 0.29) is 21.6 Å². The molecule has 1 saturated heterocycles. The molecular formula is C16H13ClN4O5S3. The molecule has 0 radical (unpaired) electrons. The highest BCUT2D eigenvalue weighted by molar-refractivity contribution is 7.91. The first kappa shape index (κ1) is 20.2. The molecule has 0 spiro atoms. The average Bonchev–Trinajstić information content (AvgIpc) is 3.39. The van der Waals surface area contributed by atoms with Crippen molar-refractivity contribution >= 4 is 71.2 Å². The van der Waals surface area contributed by atoms with Crippen LogP contribution in [0, 0.1) is 10.1 Å². The number of thiophene rings is 1. The van der Waals surface area contributed by atoms with E-state index in [0.717, 1.165) is 22.7 Å². The lowest BCUT2D eigenvalue weighted by atomic mass is 10.2. The SMILES string of the molecule is O=C(Nc1nc2ccc([N+](=O)[O-])cc2s1)[C@@H]1CCCN1S(=O)(=O)c1ccc(Cl)s1. The summed E-state index contributed by atoms with van der Waals surface area (Å²) in [4.78, 5) is 27.4. The second-order valence-electron chi connectivity index (χ2n) is 6.25. The van der Waals surface area contributed by atoms with Gasteiger partial charge in [0.2, 0.25) is 5.91 Å². The van der Waals surface area contributed by atoms with Crippen LogP contribution in [0.5, 0.6) is 0 Å². The van der Waals surface area contributed by atoms with E-state index in [9.17, 15) is 23.3 Å². The number of sulfonamides is 1. The lowest BCUT2D eigenvalue weighted by Crippen LogP contribution is -2.42. The van der Waals surface area contributed by atoms with E-state index in [4.69, 9.17) is 11.6 Å². The van der Waals surface area contributed by atoms with Crippen molar-refractivity contribution in [1.29, 1.82) is 0 Å². The molecule has 2 aromatic heterocycles. The number of anilines is 1.